The number of carbonyl (C=O) groups excluding carboxylic acids is 2. The molecule has 7 heteroatoms. The van der Waals surface area contributed by atoms with Crippen molar-refractivity contribution in [2.45, 2.75) is 33.2 Å². The predicted octanol–water partition coefficient (Wildman–Crippen LogP) is 3.11. The molecule has 0 aliphatic carbocycles. The summed E-state index contributed by atoms with van der Waals surface area (Å²) in [6.45, 7) is 4.43. The number of hydrogen-bond donors (Lipinski definition) is 2. The molecule has 0 unspecified atom stereocenters. The molecule has 0 saturated heterocycles. The van der Waals surface area contributed by atoms with Crippen LogP contribution in [0.2, 0.25) is 0 Å². The highest BCUT2D eigenvalue weighted by Gasteiger charge is 2.15. The van der Waals surface area contributed by atoms with E-state index in [1.807, 2.05) is 54.8 Å². The van der Waals surface area contributed by atoms with Gasteiger partial charge in [0.1, 0.15) is 0 Å². The van der Waals surface area contributed by atoms with Crippen LogP contribution in [-0.2, 0) is 17.8 Å². The minimum absolute atomic E-state index is 0.0279. The molecule has 0 saturated carbocycles. The minimum atomic E-state index is -0.128. The van der Waals surface area contributed by atoms with Gasteiger partial charge in [0, 0.05) is 42.4 Å². The average Bonchev–Trinajstić information content (AvgIpc) is 3.16. The van der Waals surface area contributed by atoms with E-state index in [0.717, 1.165) is 39.1 Å². The first-order chi connectivity index (χ1) is 15.0. The van der Waals surface area contributed by atoms with Crippen LogP contribution in [0.4, 0.5) is 0 Å². The van der Waals surface area contributed by atoms with Crippen LogP contribution in [0.15, 0.2) is 48.5 Å². The van der Waals surface area contributed by atoms with E-state index in [1.54, 1.807) is 19.2 Å². The van der Waals surface area contributed by atoms with Gasteiger partial charge in [0.05, 0.1) is 5.52 Å². The van der Waals surface area contributed by atoms with Crippen LogP contribution >= 0.6 is 0 Å². The van der Waals surface area contributed by atoms with Crippen molar-refractivity contribution < 1.29 is 9.59 Å². The SMILES string of the molecule is CNC(=O)c1ccc(CNC(=O)CCc2c(C)nc3c4ccccc4nn3c2C)cc1. The molecule has 158 valence electrons. The van der Waals surface area contributed by atoms with E-state index in [1.165, 1.54) is 0 Å². The Morgan fingerprint density at radius 3 is 2.52 bits per heavy atom. The lowest BCUT2D eigenvalue weighted by molar-refractivity contribution is -0.121. The highest BCUT2D eigenvalue weighted by atomic mass is 16.2. The van der Waals surface area contributed by atoms with Crippen LogP contribution < -0.4 is 10.6 Å². The Kier molecular flexibility index (Phi) is 5.66. The highest BCUT2D eigenvalue weighted by Crippen LogP contribution is 2.22. The lowest BCUT2D eigenvalue weighted by Crippen LogP contribution is -2.23. The first-order valence-electron chi connectivity index (χ1n) is 10.3. The van der Waals surface area contributed by atoms with E-state index in [2.05, 4.69) is 15.7 Å². The van der Waals surface area contributed by atoms with E-state index >= 15 is 0 Å². The molecule has 2 aromatic heterocycles. The van der Waals surface area contributed by atoms with Gasteiger partial charge in [0.25, 0.3) is 5.91 Å². The Morgan fingerprint density at radius 2 is 1.77 bits per heavy atom. The van der Waals surface area contributed by atoms with Gasteiger partial charge in [0.15, 0.2) is 5.65 Å². The van der Waals surface area contributed by atoms with Crippen LogP contribution in [0.5, 0.6) is 0 Å². The number of fused-ring (bicyclic) bond motifs is 3. The molecule has 0 atom stereocenters. The maximum Gasteiger partial charge on any atom is 0.251 e. The molecule has 0 bridgehead atoms. The Labute approximate surface area is 180 Å². The van der Waals surface area contributed by atoms with Crippen molar-refractivity contribution in [3.63, 3.8) is 0 Å². The lowest BCUT2D eigenvalue weighted by atomic mass is 10.1. The molecule has 2 heterocycles. The van der Waals surface area contributed by atoms with Gasteiger partial charge in [-0.05, 0) is 55.7 Å². The van der Waals surface area contributed by atoms with Gasteiger partial charge < -0.3 is 10.6 Å². The van der Waals surface area contributed by atoms with E-state index in [4.69, 9.17) is 4.98 Å². The fourth-order valence-corrected chi connectivity index (χ4v) is 3.78. The monoisotopic (exact) mass is 415 g/mol. The third kappa shape index (κ3) is 4.12. The fraction of sp³-hybridized carbons (Fsp3) is 0.250. The summed E-state index contributed by atoms with van der Waals surface area (Å²) < 4.78 is 1.87. The Morgan fingerprint density at radius 1 is 1.03 bits per heavy atom. The summed E-state index contributed by atoms with van der Waals surface area (Å²) in [6, 6.07) is 15.2. The number of hydrogen-bond acceptors (Lipinski definition) is 4. The molecule has 2 N–H and O–H groups in total. The van der Waals surface area contributed by atoms with E-state index in [0.29, 0.717) is 24.9 Å². The van der Waals surface area contributed by atoms with Crippen molar-refractivity contribution in [3.8, 4) is 0 Å². The molecule has 7 nitrogen and oxygen atoms in total. The van der Waals surface area contributed by atoms with Gasteiger partial charge in [0.2, 0.25) is 5.91 Å². The largest absolute Gasteiger partial charge is 0.355 e. The zero-order valence-corrected chi connectivity index (χ0v) is 17.9. The van der Waals surface area contributed by atoms with Crippen molar-refractivity contribution >= 4 is 28.4 Å². The van der Waals surface area contributed by atoms with E-state index in [9.17, 15) is 9.59 Å². The van der Waals surface area contributed by atoms with Crippen molar-refractivity contribution in [1.29, 1.82) is 0 Å². The minimum Gasteiger partial charge on any atom is -0.355 e. The molecule has 2 amide bonds. The number of nitrogens with one attached hydrogen (secondary N) is 2. The number of aromatic nitrogens is 3. The first-order valence-corrected chi connectivity index (χ1v) is 10.3. The van der Waals surface area contributed by atoms with E-state index in [-0.39, 0.29) is 11.8 Å². The Hall–Kier alpha value is -3.74. The zero-order chi connectivity index (χ0) is 22.0. The summed E-state index contributed by atoms with van der Waals surface area (Å²) in [5.74, 6) is -0.156. The number of benzene rings is 2. The third-order valence-corrected chi connectivity index (χ3v) is 5.55. The van der Waals surface area contributed by atoms with Gasteiger partial charge in [-0.3, -0.25) is 9.59 Å². The molecule has 0 aliphatic rings. The second-order valence-electron chi connectivity index (χ2n) is 7.57. The summed E-state index contributed by atoms with van der Waals surface area (Å²) >= 11 is 0. The molecule has 0 fully saturated rings. The highest BCUT2D eigenvalue weighted by molar-refractivity contribution is 5.94. The van der Waals surface area contributed by atoms with Crippen molar-refractivity contribution in [2.75, 3.05) is 7.05 Å². The predicted molar refractivity (Wildman–Crippen MR) is 120 cm³/mol. The number of nitrogens with zero attached hydrogens (tertiary/aromatic N) is 3. The van der Waals surface area contributed by atoms with Gasteiger partial charge in [-0.25, -0.2) is 9.50 Å². The fourth-order valence-electron chi connectivity index (χ4n) is 3.78. The summed E-state index contributed by atoms with van der Waals surface area (Å²) in [4.78, 5) is 28.8. The van der Waals surface area contributed by atoms with Crippen molar-refractivity contribution in [2.24, 2.45) is 0 Å². The van der Waals surface area contributed by atoms with Crippen molar-refractivity contribution in [3.05, 3.63) is 76.6 Å². The Balaban J connectivity index is 1.42. The van der Waals surface area contributed by atoms with Crippen LogP contribution in [0.3, 0.4) is 0 Å². The van der Waals surface area contributed by atoms with Crippen LogP contribution in [-0.4, -0.2) is 33.5 Å². The number of rotatable bonds is 6. The smallest absolute Gasteiger partial charge is 0.251 e. The summed E-state index contributed by atoms with van der Waals surface area (Å²) in [7, 11) is 1.60. The Bertz CT molecular complexity index is 1270. The molecule has 0 aliphatic heterocycles. The zero-order valence-electron chi connectivity index (χ0n) is 17.9. The molecule has 2 aromatic carbocycles. The van der Waals surface area contributed by atoms with Crippen LogP contribution in [0.25, 0.3) is 16.6 Å². The van der Waals surface area contributed by atoms with Crippen molar-refractivity contribution in [1.82, 2.24) is 25.2 Å². The topological polar surface area (TPSA) is 88.4 Å². The first kappa shape index (κ1) is 20.5. The number of amides is 2. The molecule has 0 spiro atoms. The number of aryl methyl sites for hydroxylation is 2. The third-order valence-electron chi connectivity index (χ3n) is 5.55. The quantitative estimate of drug-likeness (QED) is 0.506. The molecule has 0 radical (unpaired) electrons. The standard InChI is InChI=1S/C24H25N5O2/c1-15-19(16(2)29-23(27-15)20-6-4-5-7-21(20)28-29)12-13-22(30)26-14-17-8-10-18(11-9-17)24(31)25-3/h4-11H,12-14H2,1-3H3,(H,25,31)(H,26,30). The number of carbonyl (C=O) groups is 2. The normalized spacial score (nSPS) is 11.1. The second kappa shape index (κ2) is 8.55. The van der Waals surface area contributed by atoms with E-state index < -0.39 is 0 Å². The summed E-state index contributed by atoms with van der Waals surface area (Å²) in [6.07, 6.45) is 0.963. The van der Waals surface area contributed by atoms with Crippen LogP contribution in [0.1, 0.15) is 39.3 Å². The van der Waals surface area contributed by atoms with Gasteiger partial charge in [-0.1, -0.05) is 24.3 Å². The molecule has 4 rings (SSSR count). The van der Waals surface area contributed by atoms with Gasteiger partial charge in [-0.15, -0.1) is 0 Å². The summed E-state index contributed by atoms with van der Waals surface area (Å²) in [5.41, 5.74) is 6.28. The second-order valence-corrected chi connectivity index (χ2v) is 7.57. The summed E-state index contributed by atoms with van der Waals surface area (Å²) in [5, 5.41) is 11.2. The maximum absolute atomic E-state index is 12.4. The molecular weight excluding hydrogens is 390 g/mol. The lowest BCUT2D eigenvalue weighted by Gasteiger charge is -2.11. The van der Waals surface area contributed by atoms with Gasteiger partial charge >= 0.3 is 0 Å². The molecular formula is C24H25N5O2. The maximum atomic E-state index is 12.4. The van der Waals surface area contributed by atoms with Gasteiger partial charge in [-0.2, -0.15) is 5.10 Å². The molecule has 4 aromatic rings. The molecule has 31 heavy (non-hydrogen) atoms. The average molecular weight is 415 g/mol. The van der Waals surface area contributed by atoms with Crippen LogP contribution in [0, 0.1) is 13.8 Å².